The van der Waals surface area contributed by atoms with Crippen LogP contribution in [-0.2, 0) is 0 Å². The van der Waals surface area contributed by atoms with E-state index in [1.807, 2.05) is 23.9 Å². The van der Waals surface area contributed by atoms with Gasteiger partial charge in [-0.2, -0.15) is 0 Å². The van der Waals surface area contributed by atoms with Crippen LogP contribution in [-0.4, -0.2) is 5.25 Å². The van der Waals surface area contributed by atoms with Crippen molar-refractivity contribution < 1.29 is 0 Å². The molecule has 0 aliphatic heterocycles. The Bertz CT molecular complexity index is 297. The zero-order valence-corrected chi connectivity index (χ0v) is 11.0. The minimum Gasteiger partial charge on any atom is -0.398 e. The molecule has 0 unspecified atom stereocenters. The van der Waals surface area contributed by atoms with Crippen LogP contribution in [0.3, 0.4) is 0 Å². The Balaban J connectivity index is 2.79. The minimum absolute atomic E-state index is 0.673. The first-order chi connectivity index (χ1) is 6.67. The molecule has 3 heteroatoms. The lowest BCUT2D eigenvalue weighted by Gasteiger charge is -2.13. The molecule has 0 bridgehead atoms. The van der Waals surface area contributed by atoms with E-state index in [9.17, 15) is 0 Å². The molecule has 0 atom stereocenters. The molecule has 1 nitrogen and oxygen atoms in total. The normalized spacial score (nSPS) is 10.9. The number of anilines is 1. The highest BCUT2D eigenvalue weighted by Gasteiger charge is 2.08. The van der Waals surface area contributed by atoms with Gasteiger partial charge in [0.25, 0.3) is 0 Å². The van der Waals surface area contributed by atoms with Gasteiger partial charge < -0.3 is 5.73 Å². The summed E-state index contributed by atoms with van der Waals surface area (Å²) in [6, 6.07) is 6.03. The van der Waals surface area contributed by atoms with Crippen LogP contribution in [0.15, 0.2) is 27.6 Å². The van der Waals surface area contributed by atoms with E-state index in [1.54, 1.807) is 0 Å². The summed E-state index contributed by atoms with van der Waals surface area (Å²) in [5.74, 6) is 0. The number of nitrogen functional groups attached to an aromatic ring is 1. The molecule has 0 aliphatic rings. The first-order valence-corrected chi connectivity index (χ1v) is 6.56. The van der Waals surface area contributed by atoms with E-state index in [0.717, 1.165) is 10.2 Å². The number of halogens is 1. The molecule has 1 rings (SSSR count). The molecule has 2 N–H and O–H groups in total. The third kappa shape index (κ3) is 3.21. The third-order valence-electron chi connectivity index (χ3n) is 2.18. The van der Waals surface area contributed by atoms with Crippen molar-refractivity contribution >= 4 is 33.4 Å². The lowest BCUT2D eigenvalue weighted by molar-refractivity contribution is 0.792. The Labute approximate surface area is 98.6 Å². The van der Waals surface area contributed by atoms with Crippen molar-refractivity contribution in [3.8, 4) is 0 Å². The van der Waals surface area contributed by atoms with E-state index < -0.39 is 0 Å². The van der Waals surface area contributed by atoms with Gasteiger partial charge in [-0.1, -0.05) is 29.8 Å². The lowest BCUT2D eigenvalue weighted by atomic mass is 10.3. The summed E-state index contributed by atoms with van der Waals surface area (Å²) < 4.78 is 1.10. The summed E-state index contributed by atoms with van der Waals surface area (Å²) in [7, 11) is 0. The summed E-state index contributed by atoms with van der Waals surface area (Å²) in [4.78, 5) is 1.19. The molecule has 0 amide bonds. The zero-order chi connectivity index (χ0) is 10.6. The first-order valence-electron chi connectivity index (χ1n) is 4.89. The lowest BCUT2D eigenvalue weighted by Crippen LogP contribution is -1.99. The van der Waals surface area contributed by atoms with Crippen LogP contribution in [0.4, 0.5) is 5.69 Å². The van der Waals surface area contributed by atoms with Crippen molar-refractivity contribution in [1.29, 1.82) is 0 Å². The smallest absolute Gasteiger partial charge is 0.0453 e. The topological polar surface area (TPSA) is 26.0 Å². The molecule has 0 heterocycles. The van der Waals surface area contributed by atoms with Gasteiger partial charge in [-0.25, -0.2) is 0 Å². The Morgan fingerprint density at radius 2 is 2.00 bits per heavy atom. The molecular weight excluding hydrogens is 258 g/mol. The summed E-state index contributed by atoms with van der Waals surface area (Å²) >= 11 is 5.34. The number of hydrogen-bond acceptors (Lipinski definition) is 2. The molecule has 1 aromatic rings. The second kappa shape index (κ2) is 5.66. The van der Waals surface area contributed by atoms with Crippen LogP contribution in [0, 0.1) is 0 Å². The molecule has 14 heavy (non-hydrogen) atoms. The van der Waals surface area contributed by atoms with Crippen molar-refractivity contribution in [2.45, 2.75) is 36.8 Å². The molecule has 0 saturated carbocycles. The van der Waals surface area contributed by atoms with Gasteiger partial charge >= 0.3 is 0 Å². The summed E-state index contributed by atoms with van der Waals surface area (Å²) in [5.41, 5.74) is 6.79. The van der Waals surface area contributed by atoms with Gasteiger partial charge in [0.15, 0.2) is 0 Å². The van der Waals surface area contributed by atoms with Crippen molar-refractivity contribution in [2.24, 2.45) is 0 Å². The molecule has 0 radical (unpaired) electrons. The molecule has 1 aromatic carbocycles. The zero-order valence-electron chi connectivity index (χ0n) is 8.59. The van der Waals surface area contributed by atoms with Gasteiger partial charge in [0.2, 0.25) is 0 Å². The first kappa shape index (κ1) is 11.9. The van der Waals surface area contributed by atoms with Gasteiger partial charge in [-0.05, 0) is 31.0 Å². The predicted molar refractivity (Wildman–Crippen MR) is 68.8 cm³/mol. The van der Waals surface area contributed by atoms with E-state index in [4.69, 9.17) is 5.73 Å². The fourth-order valence-corrected chi connectivity index (χ4v) is 2.85. The summed E-state index contributed by atoms with van der Waals surface area (Å²) in [6.45, 7) is 4.44. The van der Waals surface area contributed by atoms with E-state index in [0.29, 0.717) is 5.25 Å². The number of rotatable bonds is 4. The van der Waals surface area contributed by atoms with E-state index >= 15 is 0 Å². The fourth-order valence-electron chi connectivity index (χ4n) is 1.25. The molecule has 0 aliphatic carbocycles. The highest BCUT2D eigenvalue weighted by Crippen LogP contribution is 2.33. The van der Waals surface area contributed by atoms with Crippen LogP contribution in [0.2, 0.25) is 0 Å². The van der Waals surface area contributed by atoms with E-state index in [2.05, 4.69) is 35.8 Å². The van der Waals surface area contributed by atoms with Crippen LogP contribution in [0.5, 0.6) is 0 Å². The van der Waals surface area contributed by atoms with Gasteiger partial charge in [-0.15, -0.1) is 11.8 Å². The van der Waals surface area contributed by atoms with E-state index in [1.165, 1.54) is 17.7 Å². The second-order valence-corrected chi connectivity index (χ2v) is 5.50. The maximum Gasteiger partial charge on any atom is 0.0453 e. The summed E-state index contributed by atoms with van der Waals surface area (Å²) in [5, 5.41) is 0.673. The average molecular weight is 274 g/mol. The third-order valence-corrected chi connectivity index (χ3v) is 4.28. The maximum atomic E-state index is 5.91. The van der Waals surface area contributed by atoms with Crippen molar-refractivity contribution in [3.05, 3.63) is 22.7 Å². The minimum atomic E-state index is 0.673. The largest absolute Gasteiger partial charge is 0.398 e. The van der Waals surface area contributed by atoms with Crippen LogP contribution in [0.1, 0.15) is 26.7 Å². The molecular formula is C11H16BrNS. The number of hydrogen-bond donors (Lipinski definition) is 1. The summed E-state index contributed by atoms with van der Waals surface area (Å²) in [6.07, 6.45) is 2.38. The Morgan fingerprint density at radius 3 is 2.57 bits per heavy atom. The van der Waals surface area contributed by atoms with Gasteiger partial charge in [0, 0.05) is 20.3 Å². The van der Waals surface area contributed by atoms with Crippen LogP contribution >= 0.6 is 27.7 Å². The molecule has 0 spiro atoms. The van der Waals surface area contributed by atoms with Crippen molar-refractivity contribution in [3.63, 3.8) is 0 Å². The van der Waals surface area contributed by atoms with Crippen LogP contribution in [0.25, 0.3) is 0 Å². The molecule has 0 fully saturated rings. The highest BCUT2D eigenvalue weighted by atomic mass is 79.9. The monoisotopic (exact) mass is 273 g/mol. The molecule has 0 aromatic heterocycles. The van der Waals surface area contributed by atoms with Gasteiger partial charge in [0.1, 0.15) is 0 Å². The van der Waals surface area contributed by atoms with E-state index in [-0.39, 0.29) is 0 Å². The van der Waals surface area contributed by atoms with Crippen LogP contribution < -0.4 is 5.73 Å². The molecule has 78 valence electrons. The number of benzene rings is 1. The van der Waals surface area contributed by atoms with Crippen molar-refractivity contribution in [1.82, 2.24) is 0 Å². The van der Waals surface area contributed by atoms with Crippen molar-refractivity contribution in [2.75, 3.05) is 5.73 Å². The SMILES string of the molecule is CCC(CC)Sc1cc(Br)ccc1N. The maximum absolute atomic E-state index is 5.91. The average Bonchev–Trinajstić information content (AvgIpc) is 2.19. The Kier molecular flexibility index (Phi) is 4.82. The number of nitrogens with two attached hydrogens (primary N) is 1. The highest BCUT2D eigenvalue weighted by molar-refractivity contribution is 9.10. The predicted octanol–water partition coefficient (Wildman–Crippen LogP) is 4.31. The molecule has 0 saturated heterocycles. The number of thioether (sulfide) groups is 1. The fraction of sp³-hybridized carbons (Fsp3) is 0.455. The standard InChI is InChI=1S/C11H16BrNS/c1-3-9(4-2)14-11-7-8(12)5-6-10(11)13/h5-7,9H,3-4,13H2,1-2H3. The Morgan fingerprint density at radius 1 is 1.36 bits per heavy atom. The quantitative estimate of drug-likeness (QED) is 0.654. The van der Waals surface area contributed by atoms with Gasteiger partial charge in [-0.3, -0.25) is 0 Å². The van der Waals surface area contributed by atoms with Gasteiger partial charge in [0.05, 0.1) is 0 Å². The second-order valence-electron chi connectivity index (χ2n) is 3.24. The Hall–Kier alpha value is -0.150.